The molecule has 0 saturated heterocycles. The van der Waals surface area contributed by atoms with E-state index < -0.39 is 20.7 Å². The first-order valence-electron chi connectivity index (χ1n) is 5.70. The maximum absolute atomic E-state index is 14.0. The molecule has 0 aliphatic heterocycles. The van der Waals surface area contributed by atoms with Gasteiger partial charge >= 0.3 is 0 Å². The lowest BCUT2D eigenvalue weighted by atomic mass is 10.3. The van der Waals surface area contributed by atoms with Crippen LogP contribution in [0.3, 0.4) is 0 Å². The van der Waals surface area contributed by atoms with Crippen molar-refractivity contribution in [3.63, 3.8) is 0 Å². The highest BCUT2D eigenvalue weighted by atomic mass is 79.9. The lowest BCUT2D eigenvalue weighted by Crippen LogP contribution is -2.24. The van der Waals surface area contributed by atoms with E-state index in [9.17, 15) is 12.8 Å². The lowest BCUT2D eigenvalue weighted by molar-refractivity contribution is 0.474. The van der Waals surface area contributed by atoms with Gasteiger partial charge in [0.05, 0.1) is 21.7 Å². The minimum Gasteiger partial charge on any atom is -0.465 e. The smallest absolute Gasteiger partial charge is 0.244 e. The van der Waals surface area contributed by atoms with Gasteiger partial charge in [0.25, 0.3) is 0 Å². The van der Waals surface area contributed by atoms with Crippen molar-refractivity contribution in [2.45, 2.75) is 18.4 Å². The summed E-state index contributed by atoms with van der Waals surface area (Å²) in [5.74, 6) is -0.00614. The number of halogens is 3. The number of nitrogens with one attached hydrogen (secondary N) is 1. The Morgan fingerprint density at radius 1 is 1.48 bits per heavy atom. The summed E-state index contributed by atoms with van der Waals surface area (Å²) in [5, 5.41) is 0.00289. The van der Waals surface area contributed by atoms with Gasteiger partial charge in [0, 0.05) is 0 Å². The Kier molecular flexibility index (Phi) is 4.62. The topological polar surface area (TPSA) is 85.3 Å². The molecule has 0 amide bonds. The molecule has 0 atom stereocenters. The lowest BCUT2D eigenvalue weighted by Gasteiger charge is -2.10. The Labute approximate surface area is 134 Å². The van der Waals surface area contributed by atoms with Crippen molar-refractivity contribution in [1.82, 2.24) is 4.72 Å². The highest BCUT2D eigenvalue weighted by molar-refractivity contribution is 9.10. The molecule has 1 aromatic carbocycles. The molecule has 0 bridgehead atoms. The molecule has 9 heteroatoms. The van der Waals surface area contributed by atoms with Crippen LogP contribution in [0.1, 0.15) is 11.5 Å². The quantitative estimate of drug-likeness (QED) is 0.613. The van der Waals surface area contributed by atoms with Gasteiger partial charge in [-0.1, -0.05) is 11.6 Å². The maximum Gasteiger partial charge on any atom is 0.244 e. The predicted molar refractivity (Wildman–Crippen MR) is 81.0 cm³/mol. The molecule has 0 aliphatic carbocycles. The second-order valence-electron chi connectivity index (χ2n) is 4.24. The van der Waals surface area contributed by atoms with Crippen LogP contribution < -0.4 is 10.5 Å². The number of rotatable bonds is 4. The molecule has 0 radical (unpaired) electrons. The van der Waals surface area contributed by atoms with Crippen molar-refractivity contribution in [1.29, 1.82) is 0 Å². The molecule has 2 aromatic rings. The van der Waals surface area contributed by atoms with Crippen LogP contribution in [0.4, 0.5) is 10.1 Å². The third-order valence-corrected chi connectivity index (χ3v) is 5.46. The maximum atomic E-state index is 14.0. The molecule has 114 valence electrons. The van der Waals surface area contributed by atoms with E-state index in [1.165, 1.54) is 0 Å². The molecule has 1 aromatic heterocycles. The van der Waals surface area contributed by atoms with Crippen molar-refractivity contribution in [2.24, 2.45) is 0 Å². The number of furan rings is 1. The molecule has 0 aliphatic rings. The zero-order valence-corrected chi connectivity index (χ0v) is 13.9. The van der Waals surface area contributed by atoms with E-state index in [-0.39, 0.29) is 21.7 Å². The summed E-state index contributed by atoms with van der Waals surface area (Å²) < 4.78 is 45.8. The predicted octanol–water partition coefficient (Wildman–Crippen LogP) is 3.20. The number of benzene rings is 1. The number of nitrogens with two attached hydrogens (primary N) is 1. The zero-order chi connectivity index (χ0) is 15.8. The van der Waals surface area contributed by atoms with Crippen molar-refractivity contribution in [2.75, 3.05) is 5.73 Å². The van der Waals surface area contributed by atoms with E-state index in [1.807, 2.05) is 0 Å². The number of anilines is 1. The van der Waals surface area contributed by atoms with Gasteiger partial charge in [0.2, 0.25) is 10.0 Å². The first kappa shape index (κ1) is 16.3. The second-order valence-corrected chi connectivity index (χ2v) is 7.17. The fourth-order valence-electron chi connectivity index (χ4n) is 1.62. The number of nitrogen functional groups attached to an aromatic ring is 1. The van der Waals surface area contributed by atoms with Gasteiger partial charge in [0.1, 0.15) is 16.4 Å². The van der Waals surface area contributed by atoms with Crippen LogP contribution in [0.15, 0.2) is 32.0 Å². The van der Waals surface area contributed by atoms with Crippen LogP contribution in [-0.4, -0.2) is 8.42 Å². The van der Waals surface area contributed by atoms with Crippen molar-refractivity contribution >= 4 is 43.2 Å². The summed E-state index contributed by atoms with van der Waals surface area (Å²) in [5.41, 5.74) is 5.11. The Balaban J connectivity index is 2.32. The van der Waals surface area contributed by atoms with E-state index >= 15 is 0 Å². The van der Waals surface area contributed by atoms with E-state index in [0.29, 0.717) is 11.5 Å². The van der Waals surface area contributed by atoms with Crippen LogP contribution in [0, 0.1) is 12.7 Å². The van der Waals surface area contributed by atoms with Crippen molar-refractivity contribution in [3.8, 4) is 0 Å². The Bertz CT molecular complexity index is 792. The van der Waals surface area contributed by atoms with Gasteiger partial charge in [-0.3, -0.25) is 0 Å². The summed E-state index contributed by atoms with van der Waals surface area (Å²) in [4.78, 5) is -0.614. The average Bonchev–Trinajstić information content (AvgIpc) is 2.84. The third-order valence-electron chi connectivity index (χ3n) is 2.68. The standard InChI is InChI=1S/C12H11BrClFN2O3S/c1-6-2-3-7(20-6)5-17-21(18,19)9-4-8(14)10(13)12(16)11(9)15/h2-4,17H,5,16H2,1H3. The SMILES string of the molecule is Cc1ccc(CNS(=O)(=O)c2cc(Cl)c(Br)c(N)c2F)o1. The molecule has 0 saturated carbocycles. The first-order chi connectivity index (χ1) is 9.72. The largest absolute Gasteiger partial charge is 0.465 e. The molecular weight excluding hydrogens is 387 g/mol. The van der Waals surface area contributed by atoms with Crippen LogP contribution in [0.25, 0.3) is 0 Å². The third kappa shape index (κ3) is 3.39. The molecule has 2 rings (SSSR count). The average molecular weight is 398 g/mol. The van der Waals surface area contributed by atoms with E-state index in [4.69, 9.17) is 21.8 Å². The van der Waals surface area contributed by atoms with Gasteiger partial charge in [-0.25, -0.2) is 17.5 Å². The minimum absolute atomic E-state index is 0.00289. The number of aryl methyl sites for hydroxylation is 1. The summed E-state index contributed by atoms with van der Waals surface area (Å²) in [6.45, 7) is 1.62. The molecule has 1 heterocycles. The Hall–Kier alpha value is -1.09. The summed E-state index contributed by atoms with van der Waals surface area (Å²) >= 11 is 8.80. The number of hydrogen-bond acceptors (Lipinski definition) is 4. The minimum atomic E-state index is -4.11. The molecule has 5 nitrogen and oxygen atoms in total. The summed E-state index contributed by atoms with van der Waals surface area (Å²) in [7, 11) is -4.11. The number of hydrogen-bond donors (Lipinski definition) is 2. The molecule has 21 heavy (non-hydrogen) atoms. The Morgan fingerprint density at radius 2 is 2.14 bits per heavy atom. The summed E-state index contributed by atoms with van der Waals surface area (Å²) in [6.07, 6.45) is 0. The number of sulfonamides is 1. The molecule has 3 N–H and O–H groups in total. The van der Waals surface area contributed by atoms with Gasteiger partial charge in [-0.15, -0.1) is 0 Å². The van der Waals surface area contributed by atoms with Gasteiger partial charge in [-0.05, 0) is 41.1 Å². The van der Waals surface area contributed by atoms with E-state index in [1.54, 1.807) is 19.1 Å². The monoisotopic (exact) mass is 396 g/mol. The van der Waals surface area contributed by atoms with Crippen LogP contribution in [0.2, 0.25) is 5.02 Å². The zero-order valence-electron chi connectivity index (χ0n) is 10.8. The van der Waals surface area contributed by atoms with Crippen molar-refractivity contribution in [3.05, 3.63) is 45.0 Å². The van der Waals surface area contributed by atoms with Crippen LogP contribution in [0.5, 0.6) is 0 Å². The van der Waals surface area contributed by atoms with E-state index in [0.717, 1.165) is 6.07 Å². The van der Waals surface area contributed by atoms with Gasteiger partial charge < -0.3 is 10.2 Å². The van der Waals surface area contributed by atoms with Gasteiger partial charge in [-0.2, -0.15) is 0 Å². The molecule has 0 unspecified atom stereocenters. The highest BCUT2D eigenvalue weighted by Crippen LogP contribution is 2.34. The fourth-order valence-corrected chi connectivity index (χ4v) is 3.29. The highest BCUT2D eigenvalue weighted by Gasteiger charge is 2.24. The fraction of sp³-hybridized carbons (Fsp3) is 0.167. The first-order valence-corrected chi connectivity index (χ1v) is 8.35. The van der Waals surface area contributed by atoms with Gasteiger partial charge in [0.15, 0.2) is 5.82 Å². The molecule has 0 fully saturated rings. The molecule has 0 spiro atoms. The van der Waals surface area contributed by atoms with E-state index in [2.05, 4.69) is 20.7 Å². The van der Waals surface area contributed by atoms with Crippen LogP contribution >= 0.6 is 27.5 Å². The van der Waals surface area contributed by atoms with Crippen molar-refractivity contribution < 1.29 is 17.2 Å². The summed E-state index contributed by atoms with van der Waals surface area (Å²) in [6, 6.07) is 4.31. The normalized spacial score (nSPS) is 11.8. The second kappa shape index (κ2) is 5.96. The van der Waals surface area contributed by atoms with Crippen LogP contribution in [-0.2, 0) is 16.6 Å². The Morgan fingerprint density at radius 3 is 2.71 bits per heavy atom. The molecular formula is C12H11BrClFN2O3S.